The average Bonchev–Trinajstić information content (AvgIpc) is 2.96. The van der Waals surface area contributed by atoms with Crippen molar-refractivity contribution in [1.82, 2.24) is 25.0 Å². The van der Waals surface area contributed by atoms with Gasteiger partial charge in [0.2, 0.25) is 5.91 Å². The first-order valence-electron chi connectivity index (χ1n) is 5.77. The fraction of sp³-hybridized carbons (Fsp3) is 0.600. The predicted octanol–water partition coefficient (Wildman–Crippen LogP) is 0.330. The van der Waals surface area contributed by atoms with E-state index in [1.54, 1.807) is 13.3 Å². The number of amides is 3. The maximum Gasteiger partial charge on any atom is 0.324 e. The van der Waals surface area contributed by atoms with Crippen molar-refractivity contribution in [2.24, 2.45) is 0 Å². The Morgan fingerprint density at radius 3 is 3.06 bits per heavy atom. The summed E-state index contributed by atoms with van der Waals surface area (Å²) in [5.74, 6) is -0.194. The van der Waals surface area contributed by atoms with Crippen LogP contribution in [0, 0.1) is 0 Å². The van der Waals surface area contributed by atoms with Crippen LogP contribution in [0.25, 0.3) is 0 Å². The van der Waals surface area contributed by atoms with Gasteiger partial charge in [-0.3, -0.25) is 9.69 Å². The van der Waals surface area contributed by atoms with Crippen LogP contribution in [0.5, 0.6) is 0 Å². The summed E-state index contributed by atoms with van der Waals surface area (Å²) >= 11 is 1.32. The van der Waals surface area contributed by atoms with Crippen LogP contribution in [0.15, 0.2) is 11.5 Å². The summed E-state index contributed by atoms with van der Waals surface area (Å²) in [6, 6.07) is -0.315. The smallest absolute Gasteiger partial charge is 0.324 e. The van der Waals surface area contributed by atoms with E-state index in [0.717, 1.165) is 6.54 Å². The van der Waals surface area contributed by atoms with Crippen molar-refractivity contribution in [3.8, 4) is 0 Å². The highest BCUT2D eigenvalue weighted by Crippen LogP contribution is 2.22. The highest BCUT2D eigenvalue weighted by Gasteiger charge is 2.30. The Balaban J connectivity index is 2.01. The number of nitrogens with zero attached hydrogens (tertiary/aromatic N) is 4. The predicted molar refractivity (Wildman–Crippen MR) is 66.1 cm³/mol. The summed E-state index contributed by atoms with van der Waals surface area (Å²) in [6.07, 6.45) is 1.63. The number of rotatable bonds is 4. The Bertz CT molecular complexity index is 461. The Morgan fingerprint density at radius 2 is 2.44 bits per heavy atom. The zero-order valence-corrected chi connectivity index (χ0v) is 11.1. The number of thioether (sulfide) groups is 1. The molecule has 1 saturated heterocycles. The highest BCUT2D eigenvalue weighted by atomic mass is 32.2. The molecule has 0 aromatic carbocycles. The lowest BCUT2D eigenvalue weighted by molar-refractivity contribution is -0.126. The largest absolute Gasteiger partial charge is 0.336 e. The molecule has 1 aliphatic heterocycles. The Kier molecular flexibility index (Phi) is 3.85. The monoisotopic (exact) mass is 269 g/mol. The molecular formula is C10H15N5O2S. The standard InChI is InChI=1S/C10H15N5O2S/c1-3-14-6-12-13-10(14)18-7(2)8(16)15-5-4-11-9(15)17/h6-7H,3-5H2,1-2H3,(H,11,17)/t7-/m1/s1. The van der Waals surface area contributed by atoms with Crippen LogP contribution in [0.1, 0.15) is 13.8 Å². The van der Waals surface area contributed by atoms with Crippen LogP contribution < -0.4 is 5.32 Å². The van der Waals surface area contributed by atoms with Crippen LogP contribution >= 0.6 is 11.8 Å². The zero-order chi connectivity index (χ0) is 13.1. The number of hydrogen-bond acceptors (Lipinski definition) is 5. The topological polar surface area (TPSA) is 80.1 Å². The van der Waals surface area contributed by atoms with Gasteiger partial charge in [-0.1, -0.05) is 11.8 Å². The van der Waals surface area contributed by atoms with E-state index in [1.807, 2.05) is 11.5 Å². The van der Waals surface area contributed by atoms with Gasteiger partial charge < -0.3 is 9.88 Å². The van der Waals surface area contributed by atoms with E-state index in [9.17, 15) is 9.59 Å². The van der Waals surface area contributed by atoms with Crippen LogP contribution in [-0.2, 0) is 11.3 Å². The molecule has 2 heterocycles. The molecule has 3 amide bonds. The molecule has 1 atom stereocenters. The first kappa shape index (κ1) is 12.9. The van der Waals surface area contributed by atoms with Crippen LogP contribution in [0.4, 0.5) is 4.79 Å². The van der Waals surface area contributed by atoms with E-state index >= 15 is 0 Å². The second-order valence-electron chi connectivity index (χ2n) is 3.88. The molecule has 0 spiro atoms. The molecule has 0 aliphatic carbocycles. The molecule has 8 heteroatoms. The molecule has 1 aromatic heterocycles. The number of nitrogens with one attached hydrogen (secondary N) is 1. The summed E-state index contributed by atoms with van der Waals surface area (Å²) in [4.78, 5) is 24.7. The summed E-state index contributed by atoms with van der Waals surface area (Å²) in [6.45, 7) is 5.46. The first-order chi connectivity index (χ1) is 8.63. The Labute approximate surface area is 109 Å². The van der Waals surface area contributed by atoms with Gasteiger partial charge in [0.1, 0.15) is 6.33 Å². The molecule has 7 nitrogen and oxygen atoms in total. The fourth-order valence-corrected chi connectivity index (χ4v) is 2.61. The lowest BCUT2D eigenvalue weighted by Gasteiger charge is -2.16. The lowest BCUT2D eigenvalue weighted by Crippen LogP contribution is -2.39. The first-order valence-corrected chi connectivity index (χ1v) is 6.65. The van der Waals surface area contributed by atoms with Gasteiger partial charge >= 0.3 is 6.03 Å². The van der Waals surface area contributed by atoms with E-state index in [4.69, 9.17) is 0 Å². The van der Waals surface area contributed by atoms with Crippen molar-refractivity contribution in [2.45, 2.75) is 30.8 Å². The number of carbonyl (C=O) groups excluding carboxylic acids is 2. The van der Waals surface area contributed by atoms with Gasteiger partial charge in [-0.15, -0.1) is 10.2 Å². The molecule has 1 aromatic rings. The molecule has 98 valence electrons. The van der Waals surface area contributed by atoms with Gasteiger partial charge in [-0.2, -0.15) is 0 Å². The maximum atomic E-state index is 12.1. The summed E-state index contributed by atoms with van der Waals surface area (Å²) in [5.41, 5.74) is 0. The zero-order valence-electron chi connectivity index (χ0n) is 10.3. The molecule has 1 N–H and O–H groups in total. The summed E-state index contributed by atoms with van der Waals surface area (Å²) < 4.78 is 1.86. The minimum absolute atomic E-state index is 0.194. The third-order valence-corrected chi connectivity index (χ3v) is 3.76. The van der Waals surface area contributed by atoms with Crippen molar-refractivity contribution in [3.05, 3.63) is 6.33 Å². The molecule has 2 rings (SSSR count). The van der Waals surface area contributed by atoms with Crippen LogP contribution in [-0.4, -0.2) is 49.9 Å². The van der Waals surface area contributed by atoms with E-state index in [0.29, 0.717) is 18.2 Å². The number of aromatic nitrogens is 3. The SMILES string of the molecule is CCn1cnnc1S[C@H](C)C(=O)N1CCNC1=O. The van der Waals surface area contributed by atoms with E-state index in [-0.39, 0.29) is 17.2 Å². The molecule has 1 fully saturated rings. The lowest BCUT2D eigenvalue weighted by atomic mass is 10.4. The van der Waals surface area contributed by atoms with E-state index in [2.05, 4.69) is 15.5 Å². The molecular weight excluding hydrogens is 254 g/mol. The second kappa shape index (κ2) is 5.38. The van der Waals surface area contributed by atoms with Crippen LogP contribution in [0.3, 0.4) is 0 Å². The van der Waals surface area contributed by atoms with Crippen molar-refractivity contribution in [2.75, 3.05) is 13.1 Å². The molecule has 0 bridgehead atoms. The average molecular weight is 269 g/mol. The van der Waals surface area contributed by atoms with E-state index < -0.39 is 0 Å². The Hall–Kier alpha value is -1.57. The quantitative estimate of drug-likeness (QED) is 0.797. The number of hydrogen-bond donors (Lipinski definition) is 1. The minimum atomic E-state index is -0.358. The second-order valence-corrected chi connectivity index (χ2v) is 5.19. The molecule has 0 saturated carbocycles. The van der Waals surface area contributed by atoms with Crippen molar-refractivity contribution >= 4 is 23.7 Å². The fourth-order valence-electron chi connectivity index (χ4n) is 1.66. The van der Waals surface area contributed by atoms with Gasteiger partial charge in [0, 0.05) is 19.6 Å². The van der Waals surface area contributed by atoms with Gasteiger partial charge in [0.15, 0.2) is 5.16 Å². The number of aryl methyl sites for hydroxylation is 1. The van der Waals surface area contributed by atoms with Gasteiger partial charge in [0.05, 0.1) is 5.25 Å². The van der Waals surface area contributed by atoms with Crippen molar-refractivity contribution in [1.29, 1.82) is 0 Å². The van der Waals surface area contributed by atoms with Crippen molar-refractivity contribution in [3.63, 3.8) is 0 Å². The molecule has 1 aliphatic rings. The third kappa shape index (κ3) is 2.47. The Morgan fingerprint density at radius 1 is 1.67 bits per heavy atom. The summed E-state index contributed by atoms with van der Waals surface area (Å²) in [5, 5.41) is 10.7. The third-order valence-electron chi connectivity index (χ3n) is 2.67. The van der Waals surface area contributed by atoms with E-state index in [1.165, 1.54) is 16.7 Å². The minimum Gasteiger partial charge on any atom is -0.336 e. The van der Waals surface area contributed by atoms with Gasteiger partial charge in [-0.25, -0.2) is 4.79 Å². The number of imide groups is 1. The van der Waals surface area contributed by atoms with Gasteiger partial charge in [-0.05, 0) is 13.8 Å². The van der Waals surface area contributed by atoms with Gasteiger partial charge in [0.25, 0.3) is 0 Å². The maximum absolute atomic E-state index is 12.1. The normalized spacial score (nSPS) is 16.8. The van der Waals surface area contributed by atoms with Crippen LogP contribution in [0.2, 0.25) is 0 Å². The number of carbonyl (C=O) groups is 2. The number of urea groups is 1. The summed E-state index contributed by atoms with van der Waals surface area (Å²) in [7, 11) is 0. The molecule has 18 heavy (non-hydrogen) atoms. The highest BCUT2D eigenvalue weighted by molar-refractivity contribution is 8.00. The molecule has 0 radical (unpaired) electrons. The van der Waals surface area contributed by atoms with Crippen molar-refractivity contribution < 1.29 is 9.59 Å². The molecule has 0 unspecified atom stereocenters.